The van der Waals surface area contributed by atoms with Crippen molar-refractivity contribution in [2.24, 2.45) is 0 Å². The number of benzene rings is 3. The van der Waals surface area contributed by atoms with Crippen LogP contribution in [0.15, 0.2) is 66.7 Å². The maximum Gasteiger partial charge on any atom is 0.123 e. The van der Waals surface area contributed by atoms with Crippen LogP contribution in [0, 0.1) is 17.1 Å². The van der Waals surface area contributed by atoms with E-state index >= 15 is 0 Å². The first-order valence-corrected chi connectivity index (χ1v) is 7.53. The first kappa shape index (κ1) is 15.1. The van der Waals surface area contributed by atoms with E-state index in [2.05, 4.69) is 12.1 Å². The Bertz CT molecular complexity index is 853. The summed E-state index contributed by atoms with van der Waals surface area (Å²) in [4.78, 5) is 0. The third-order valence-corrected chi connectivity index (χ3v) is 3.80. The minimum atomic E-state index is -0.369. The van der Waals surface area contributed by atoms with Gasteiger partial charge in [-0.05, 0) is 40.6 Å². The van der Waals surface area contributed by atoms with Gasteiger partial charge in [-0.25, -0.2) is 4.39 Å². The summed E-state index contributed by atoms with van der Waals surface area (Å²) in [6.45, 7) is 0.410. The fraction of sp³-hybridized carbons (Fsp3) is 0.150. The summed E-state index contributed by atoms with van der Waals surface area (Å²) in [6, 6.07) is 22.4. The van der Waals surface area contributed by atoms with Gasteiger partial charge in [0.05, 0.1) is 18.6 Å². The van der Waals surface area contributed by atoms with E-state index in [1.165, 1.54) is 12.1 Å². The molecule has 0 N–H and O–H groups in total. The Morgan fingerprint density at radius 2 is 1.78 bits per heavy atom. The lowest BCUT2D eigenvalue weighted by Crippen LogP contribution is -2.04. The first-order chi connectivity index (χ1) is 11.3. The molecule has 114 valence electrons. The molecular weight excluding hydrogens is 289 g/mol. The van der Waals surface area contributed by atoms with Gasteiger partial charge in [0.2, 0.25) is 0 Å². The molecule has 3 aromatic rings. The Labute approximate surface area is 134 Å². The molecule has 0 bridgehead atoms. The van der Waals surface area contributed by atoms with Crippen LogP contribution >= 0.6 is 0 Å². The molecular formula is C20H16FNO. The Morgan fingerprint density at radius 3 is 2.57 bits per heavy atom. The summed E-state index contributed by atoms with van der Waals surface area (Å²) in [6.07, 6.45) is 0.521. The topological polar surface area (TPSA) is 33.0 Å². The zero-order valence-corrected chi connectivity index (χ0v) is 12.6. The van der Waals surface area contributed by atoms with Crippen LogP contribution in [0.2, 0.25) is 0 Å². The summed E-state index contributed by atoms with van der Waals surface area (Å²) in [5.74, 6) is 0.0870. The van der Waals surface area contributed by atoms with Crippen molar-refractivity contribution in [1.29, 1.82) is 5.26 Å². The van der Waals surface area contributed by atoms with E-state index < -0.39 is 0 Å². The molecule has 1 atom stereocenters. The average molecular weight is 305 g/mol. The molecule has 0 aliphatic carbocycles. The number of nitrogens with zero attached hydrogens (tertiary/aromatic N) is 1. The van der Waals surface area contributed by atoms with Gasteiger partial charge in [-0.3, -0.25) is 0 Å². The second-order valence-electron chi connectivity index (χ2n) is 5.38. The minimum absolute atomic E-state index is 0.321. The number of hydrogen-bond acceptors (Lipinski definition) is 2. The molecule has 0 saturated carbocycles. The van der Waals surface area contributed by atoms with Crippen molar-refractivity contribution in [2.75, 3.05) is 6.61 Å². The van der Waals surface area contributed by atoms with Crippen LogP contribution in [-0.2, 0) is 0 Å². The van der Waals surface area contributed by atoms with E-state index in [0.29, 0.717) is 18.6 Å². The van der Waals surface area contributed by atoms with Crippen molar-refractivity contribution in [3.8, 4) is 11.8 Å². The molecule has 0 fully saturated rings. The highest BCUT2D eigenvalue weighted by Crippen LogP contribution is 2.23. The predicted octanol–water partition coefficient (Wildman–Crippen LogP) is 5.06. The highest BCUT2D eigenvalue weighted by molar-refractivity contribution is 5.83. The van der Waals surface area contributed by atoms with Crippen molar-refractivity contribution in [2.45, 2.75) is 12.3 Å². The lowest BCUT2D eigenvalue weighted by Gasteiger charge is -2.11. The minimum Gasteiger partial charge on any atom is -0.494 e. The summed E-state index contributed by atoms with van der Waals surface area (Å²) >= 11 is 0. The zero-order chi connectivity index (χ0) is 16.1. The van der Waals surface area contributed by atoms with Crippen LogP contribution in [0.25, 0.3) is 10.8 Å². The van der Waals surface area contributed by atoms with Gasteiger partial charge in [-0.2, -0.15) is 5.26 Å². The molecule has 0 amide bonds. The fourth-order valence-corrected chi connectivity index (χ4v) is 2.58. The molecule has 3 rings (SSSR count). The molecule has 0 aromatic heterocycles. The fourth-order valence-electron chi connectivity index (χ4n) is 2.58. The van der Waals surface area contributed by atoms with Gasteiger partial charge in [0, 0.05) is 6.42 Å². The van der Waals surface area contributed by atoms with E-state index in [1.54, 1.807) is 12.1 Å². The number of nitriles is 1. The molecule has 0 aliphatic rings. The van der Waals surface area contributed by atoms with E-state index in [9.17, 15) is 9.65 Å². The molecule has 3 aromatic carbocycles. The van der Waals surface area contributed by atoms with Gasteiger partial charge < -0.3 is 4.74 Å². The second kappa shape index (κ2) is 6.93. The average Bonchev–Trinajstić information content (AvgIpc) is 2.58. The number of rotatable bonds is 5. The highest BCUT2D eigenvalue weighted by atomic mass is 19.1. The Kier molecular flexibility index (Phi) is 4.54. The predicted molar refractivity (Wildman–Crippen MR) is 88.8 cm³/mol. The van der Waals surface area contributed by atoms with Gasteiger partial charge in [0.25, 0.3) is 0 Å². The molecule has 3 heteroatoms. The van der Waals surface area contributed by atoms with Crippen LogP contribution in [0.1, 0.15) is 17.9 Å². The standard InChI is InChI=1S/C20H16FNO/c21-19-7-3-6-16(12-19)18(14-22)10-11-23-20-9-8-15-4-1-2-5-17(15)13-20/h1-9,12-13,18H,10-11H2. The molecule has 0 heterocycles. The van der Waals surface area contributed by atoms with E-state index in [0.717, 1.165) is 16.5 Å². The van der Waals surface area contributed by atoms with Gasteiger partial charge >= 0.3 is 0 Å². The van der Waals surface area contributed by atoms with Crippen LogP contribution in [0.4, 0.5) is 4.39 Å². The van der Waals surface area contributed by atoms with Crippen molar-refractivity contribution >= 4 is 10.8 Å². The van der Waals surface area contributed by atoms with Gasteiger partial charge in [-0.1, -0.05) is 42.5 Å². The maximum atomic E-state index is 13.3. The Morgan fingerprint density at radius 1 is 0.957 bits per heavy atom. The van der Waals surface area contributed by atoms with E-state index in [4.69, 9.17) is 4.74 Å². The van der Waals surface area contributed by atoms with Gasteiger partial charge in [-0.15, -0.1) is 0 Å². The monoisotopic (exact) mass is 305 g/mol. The number of ether oxygens (including phenoxy) is 1. The molecule has 0 saturated heterocycles. The highest BCUT2D eigenvalue weighted by Gasteiger charge is 2.11. The zero-order valence-electron chi connectivity index (χ0n) is 12.6. The quantitative estimate of drug-likeness (QED) is 0.660. The number of halogens is 1. The van der Waals surface area contributed by atoms with Gasteiger partial charge in [0.1, 0.15) is 11.6 Å². The smallest absolute Gasteiger partial charge is 0.123 e. The van der Waals surface area contributed by atoms with Crippen LogP contribution in [-0.4, -0.2) is 6.61 Å². The van der Waals surface area contributed by atoms with Crippen LogP contribution in [0.5, 0.6) is 5.75 Å². The third-order valence-electron chi connectivity index (χ3n) is 3.80. The van der Waals surface area contributed by atoms with Crippen molar-refractivity contribution in [3.63, 3.8) is 0 Å². The Balaban J connectivity index is 1.64. The number of fused-ring (bicyclic) bond motifs is 1. The van der Waals surface area contributed by atoms with Crippen LogP contribution < -0.4 is 4.74 Å². The van der Waals surface area contributed by atoms with Gasteiger partial charge in [0.15, 0.2) is 0 Å². The second-order valence-corrected chi connectivity index (χ2v) is 5.38. The molecule has 23 heavy (non-hydrogen) atoms. The molecule has 1 unspecified atom stereocenters. The molecule has 2 nitrogen and oxygen atoms in total. The summed E-state index contributed by atoms with van der Waals surface area (Å²) in [7, 11) is 0. The molecule has 0 radical (unpaired) electrons. The number of hydrogen-bond donors (Lipinski definition) is 0. The summed E-state index contributed by atoms with van der Waals surface area (Å²) in [5.41, 5.74) is 0.689. The van der Waals surface area contributed by atoms with Crippen LogP contribution in [0.3, 0.4) is 0 Å². The lowest BCUT2D eigenvalue weighted by atomic mass is 9.97. The first-order valence-electron chi connectivity index (χ1n) is 7.53. The summed E-state index contributed by atoms with van der Waals surface area (Å²) < 4.78 is 19.0. The Hall–Kier alpha value is -2.86. The maximum absolute atomic E-state index is 13.3. The summed E-state index contributed by atoms with van der Waals surface area (Å²) in [5, 5.41) is 11.6. The largest absolute Gasteiger partial charge is 0.494 e. The van der Waals surface area contributed by atoms with Crippen molar-refractivity contribution in [1.82, 2.24) is 0 Å². The lowest BCUT2D eigenvalue weighted by molar-refractivity contribution is 0.306. The normalized spacial score (nSPS) is 11.8. The van der Waals surface area contributed by atoms with E-state index in [-0.39, 0.29) is 11.7 Å². The molecule has 0 aliphatic heterocycles. The van der Waals surface area contributed by atoms with E-state index in [1.807, 2.05) is 36.4 Å². The third kappa shape index (κ3) is 3.67. The SMILES string of the molecule is N#CC(CCOc1ccc2ccccc2c1)c1cccc(F)c1. The van der Waals surface area contributed by atoms with Crippen molar-refractivity contribution in [3.05, 3.63) is 78.1 Å². The van der Waals surface area contributed by atoms with Crippen molar-refractivity contribution < 1.29 is 9.13 Å². The molecule has 0 spiro atoms.